The highest BCUT2D eigenvalue weighted by molar-refractivity contribution is 9.10. The number of hydrogen-bond donors (Lipinski definition) is 1. The fourth-order valence-electron chi connectivity index (χ4n) is 0.972. The molecule has 0 saturated carbocycles. The number of Topliss-reactive ketones (excluding diaryl/α,β-unsaturated/α-hetero) is 1. The van der Waals surface area contributed by atoms with Gasteiger partial charge in [-0.05, 0) is 28.1 Å². The molecule has 0 fully saturated rings. The number of alkyl halides is 1. The van der Waals surface area contributed by atoms with Gasteiger partial charge in [0.05, 0.1) is 10.8 Å². The van der Waals surface area contributed by atoms with Crippen LogP contribution in [0.4, 0.5) is 0 Å². The molecule has 0 atom stereocenters. The lowest BCUT2D eigenvalue weighted by atomic mass is 10.1. The molecule has 0 unspecified atom stereocenters. The van der Waals surface area contributed by atoms with Crippen LogP contribution in [-0.2, 0) is 10.0 Å². The molecule has 1 aromatic rings. The van der Waals surface area contributed by atoms with E-state index in [1.165, 1.54) is 18.2 Å². The molecule has 0 aliphatic heterocycles. The normalized spacial score (nSPS) is 11.4. The molecule has 0 bridgehead atoms. The van der Waals surface area contributed by atoms with E-state index in [1.54, 1.807) is 0 Å². The molecule has 0 aliphatic rings. The van der Waals surface area contributed by atoms with Gasteiger partial charge in [0.25, 0.3) is 0 Å². The second-order valence-electron chi connectivity index (χ2n) is 2.75. The summed E-state index contributed by atoms with van der Waals surface area (Å²) in [6.07, 6.45) is 0. The van der Waals surface area contributed by atoms with Gasteiger partial charge in [-0.25, -0.2) is 13.6 Å². The van der Waals surface area contributed by atoms with E-state index in [0.29, 0.717) is 4.47 Å². The Kier molecular flexibility index (Phi) is 3.88. The van der Waals surface area contributed by atoms with Gasteiger partial charge in [-0.3, -0.25) is 4.79 Å². The van der Waals surface area contributed by atoms with Crippen LogP contribution in [0.15, 0.2) is 27.6 Å². The van der Waals surface area contributed by atoms with E-state index in [9.17, 15) is 13.2 Å². The Bertz CT molecular complexity index is 501. The molecule has 1 rings (SSSR count). The largest absolute Gasteiger partial charge is 0.293 e. The molecule has 7 heteroatoms. The van der Waals surface area contributed by atoms with Crippen molar-refractivity contribution in [2.24, 2.45) is 5.14 Å². The van der Waals surface area contributed by atoms with Gasteiger partial charge in [0.2, 0.25) is 10.0 Å². The highest BCUT2D eigenvalue weighted by Gasteiger charge is 2.15. The molecule has 0 heterocycles. The van der Waals surface area contributed by atoms with Crippen molar-refractivity contribution in [2.75, 3.05) is 5.88 Å². The molecule has 0 aromatic heterocycles. The topological polar surface area (TPSA) is 77.2 Å². The van der Waals surface area contributed by atoms with E-state index >= 15 is 0 Å². The molecule has 82 valence electrons. The molecule has 0 amide bonds. The smallest absolute Gasteiger partial charge is 0.239 e. The van der Waals surface area contributed by atoms with Crippen LogP contribution in [0.2, 0.25) is 0 Å². The molecule has 0 aliphatic carbocycles. The lowest BCUT2D eigenvalue weighted by Gasteiger charge is -2.03. The van der Waals surface area contributed by atoms with Crippen molar-refractivity contribution in [3.8, 4) is 0 Å². The average molecular weight is 313 g/mol. The van der Waals surface area contributed by atoms with Crippen LogP contribution < -0.4 is 5.14 Å². The first kappa shape index (κ1) is 12.6. The Morgan fingerprint density at radius 3 is 2.53 bits per heavy atom. The van der Waals surface area contributed by atoms with Crippen LogP contribution in [0.1, 0.15) is 10.4 Å². The van der Waals surface area contributed by atoms with E-state index in [1.807, 2.05) is 0 Å². The molecule has 2 N–H and O–H groups in total. The number of halogens is 2. The number of primary sulfonamides is 1. The summed E-state index contributed by atoms with van der Waals surface area (Å²) >= 11 is 8.38. The van der Waals surface area contributed by atoms with Gasteiger partial charge in [0, 0.05) is 10.0 Å². The number of nitrogens with two attached hydrogens (primary N) is 1. The van der Waals surface area contributed by atoms with Crippen LogP contribution in [0, 0.1) is 0 Å². The van der Waals surface area contributed by atoms with Gasteiger partial charge in [-0.1, -0.05) is 6.07 Å². The second kappa shape index (κ2) is 4.61. The van der Waals surface area contributed by atoms with Crippen LogP contribution >= 0.6 is 27.5 Å². The van der Waals surface area contributed by atoms with Gasteiger partial charge < -0.3 is 0 Å². The van der Waals surface area contributed by atoms with E-state index < -0.39 is 10.0 Å². The summed E-state index contributed by atoms with van der Waals surface area (Å²) in [6, 6.07) is 4.12. The van der Waals surface area contributed by atoms with Gasteiger partial charge in [-0.2, -0.15) is 0 Å². The van der Waals surface area contributed by atoms with Crippen molar-refractivity contribution in [2.45, 2.75) is 4.90 Å². The predicted molar refractivity (Wildman–Crippen MR) is 60.6 cm³/mol. The Morgan fingerprint density at radius 2 is 2.07 bits per heavy atom. The van der Waals surface area contributed by atoms with Crippen molar-refractivity contribution < 1.29 is 13.2 Å². The van der Waals surface area contributed by atoms with Gasteiger partial charge in [0.1, 0.15) is 0 Å². The number of ketones is 1. The van der Waals surface area contributed by atoms with Crippen molar-refractivity contribution in [3.05, 3.63) is 28.2 Å². The summed E-state index contributed by atoms with van der Waals surface area (Å²) in [6.45, 7) is 0. The van der Waals surface area contributed by atoms with Crippen LogP contribution in [-0.4, -0.2) is 20.1 Å². The molecule has 1 aromatic carbocycles. The maximum atomic E-state index is 11.2. The van der Waals surface area contributed by atoms with E-state index in [4.69, 9.17) is 16.7 Å². The number of carbonyl (C=O) groups excluding carboxylic acids is 1. The van der Waals surface area contributed by atoms with E-state index in [2.05, 4.69) is 15.9 Å². The maximum Gasteiger partial charge on any atom is 0.239 e. The standard InChI is InChI=1S/C8H7BrClNO3S/c9-6-2-1-5(7(12)4-10)3-8(6)15(11,13)14/h1-3H,4H2,(H2,11,13,14). The highest BCUT2D eigenvalue weighted by atomic mass is 79.9. The quantitative estimate of drug-likeness (QED) is 0.679. The van der Waals surface area contributed by atoms with Crippen molar-refractivity contribution in [1.82, 2.24) is 0 Å². The van der Waals surface area contributed by atoms with Gasteiger partial charge in [-0.15, -0.1) is 11.6 Å². The molecular formula is C8H7BrClNO3S. The van der Waals surface area contributed by atoms with Crippen LogP contribution in [0.25, 0.3) is 0 Å². The Labute approximate surface area is 101 Å². The number of sulfonamides is 1. The summed E-state index contributed by atoms with van der Waals surface area (Å²) in [5.74, 6) is -0.555. The monoisotopic (exact) mass is 311 g/mol. The fourth-order valence-corrected chi connectivity index (χ4v) is 2.68. The first-order valence-electron chi connectivity index (χ1n) is 3.78. The minimum absolute atomic E-state index is 0.126. The van der Waals surface area contributed by atoms with Crippen LogP contribution in [0.5, 0.6) is 0 Å². The minimum atomic E-state index is -3.84. The molecule has 4 nitrogen and oxygen atoms in total. The zero-order valence-corrected chi connectivity index (χ0v) is 10.6. The average Bonchev–Trinajstić information content (AvgIpc) is 2.15. The van der Waals surface area contributed by atoms with Gasteiger partial charge >= 0.3 is 0 Å². The Morgan fingerprint density at radius 1 is 1.47 bits per heavy atom. The Hall–Kier alpha value is -0.430. The number of rotatable bonds is 3. The summed E-state index contributed by atoms with van der Waals surface area (Å²) in [4.78, 5) is 11.1. The summed E-state index contributed by atoms with van der Waals surface area (Å²) in [7, 11) is -3.84. The summed E-state index contributed by atoms with van der Waals surface area (Å²) in [5, 5.41) is 4.97. The third-order valence-corrected chi connectivity index (χ3v) is 3.83. The lowest BCUT2D eigenvalue weighted by molar-refractivity contribution is 0.102. The van der Waals surface area contributed by atoms with E-state index in [-0.39, 0.29) is 22.1 Å². The lowest BCUT2D eigenvalue weighted by Crippen LogP contribution is -2.14. The highest BCUT2D eigenvalue weighted by Crippen LogP contribution is 2.22. The molecule has 0 radical (unpaired) electrons. The fraction of sp³-hybridized carbons (Fsp3) is 0.125. The zero-order chi connectivity index (χ0) is 11.6. The number of carbonyl (C=O) groups is 1. The molecule has 0 saturated heterocycles. The summed E-state index contributed by atoms with van der Waals surface area (Å²) in [5.41, 5.74) is 0.220. The molecular weight excluding hydrogens is 306 g/mol. The molecule has 0 spiro atoms. The number of benzene rings is 1. The van der Waals surface area contributed by atoms with Crippen molar-refractivity contribution in [1.29, 1.82) is 0 Å². The summed E-state index contributed by atoms with van der Waals surface area (Å²) < 4.78 is 22.6. The van der Waals surface area contributed by atoms with Crippen molar-refractivity contribution in [3.63, 3.8) is 0 Å². The first-order chi connectivity index (χ1) is 6.86. The zero-order valence-electron chi connectivity index (χ0n) is 7.41. The predicted octanol–water partition coefficient (Wildman–Crippen LogP) is 1.52. The first-order valence-corrected chi connectivity index (χ1v) is 6.65. The second-order valence-corrected chi connectivity index (χ2v) is 5.40. The van der Waals surface area contributed by atoms with E-state index in [0.717, 1.165) is 0 Å². The molecule has 15 heavy (non-hydrogen) atoms. The van der Waals surface area contributed by atoms with Crippen LogP contribution in [0.3, 0.4) is 0 Å². The Balaban J connectivity index is 3.36. The third kappa shape index (κ3) is 3.01. The number of hydrogen-bond acceptors (Lipinski definition) is 3. The third-order valence-electron chi connectivity index (χ3n) is 1.68. The van der Waals surface area contributed by atoms with Gasteiger partial charge in [0.15, 0.2) is 5.78 Å². The minimum Gasteiger partial charge on any atom is -0.293 e. The maximum absolute atomic E-state index is 11.2. The SMILES string of the molecule is NS(=O)(=O)c1cc(C(=O)CCl)ccc1Br. The van der Waals surface area contributed by atoms with Crippen molar-refractivity contribution >= 4 is 43.3 Å².